The van der Waals surface area contributed by atoms with E-state index in [9.17, 15) is 0 Å². The SMILES string of the molecule is Cc1cc(C)c2c3c(n(C)c2n1)CCCC3. The van der Waals surface area contributed by atoms with Crippen LogP contribution in [0.1, 0.15) is 35.4 Å². The second-order valence-electron chi connectivity index (χ2n) is 4.97. The van der Waals surface area contributed by atoms with Crippen LogP contribution in [-0.2, 0) is 19.9 Å². The molecule has 0 amide bonds. The molecular formula is C14H18N2. The fourth-order valence-corrected chi connectivity index (χ4v) is 3.09. The maximum absolute atomic E-state index is 4.70. The molecule has 0 unspecified atom stereocenters. The Morgan fingerprint density at radius 1 is 1.19 bits per heavy atom. The van der Waals surface area contributed by atoms with Crippen LogP contribution >= 0.6 is 0 Å². The fraction of sp³-hybridized carbons (Fsp3) is 0.500. The summed E-state index contributed by atoms with van der Waals surface area (Å²) in [4.78, 5) is 4.70. The van der Waals surface area contributed by atoms with Crippen molar-refractivity contribution in [2.75, 3.05) is 0 Å². The van der Waals surface area contributed by atoms with Gasteiger partial charge in [0.05, 0.1) is 0 Å². The van der Waals surface area contributed by atoms with Crippen molar-refractivity contribution in [2.45, 2.75) is 39.5 Å². The molecular weight excluding hydrogens is 196 g/mol. The van der Waals surface area contributed by atoms with E-state index in [1.807, 2.05) is 0 Å². The molecule has 1 aliphatic rings. The summed E-state index contributed by atoms with van der Waals surface area (Å²) in [6, 6.07) is 2.21. The first kappa shape index (κ1) is 9.88. The van der Waals surface area contributed by atoms with Gasteiger partial charge in [0.15, 0.2) is 0 Å². The number of aryl methyl sites for hydroxylation is 4. The molecule has 0 saturated heterocycles. The summed E-state index contributed by atoms with van der Waals surface area (Å²) in [6.07, 6.45) is 5.12. The van der Waals surface area contributed by atoms with Gasteiger partial charge in [-0.15, -0.1) is 0 Å². The first-order valence-electron chi connectivity index (χ1n) is 6.13. The molecule has 0 aromatic carbocycles. The molecule has 0 spiro atoms. The summed E-state index contributed by atoms with van der Waals surface area (Å²) in [6.45, 7) is 4.30. The molecule has 2 heterocycles. The molecule has 2 nitrogen and oxygen atoms in total. The maximum Gasteiger partial charge on any atom is 0.140 e. The Morgan fingerprint density at radius 2 is 1.94 bits per heavy atom. The van der Waals surface area contributed by atoms with Crippen LogP contribution in [-0.4, -0.2) is 9.55 Å². The zero-order valence-electron chi connectivity index (χ0n) is 10.3. The topological polar surface area (TPSA) is 17.8 Å². The lowest BCUT2D eigenvalue weighted by Gasteiger charge is -2.12. The van der Waals surface area contributed by atoms with Crippen molar-refractivity contribution in [2.24, 2.45) is 7.05 Å². The Morgan fingerprint density at radius 3 is 2.75 bits per heavy atom. The number of hydrogen-bond acceptors (Lipinski definition) is 1. The van der Waals surface area contributed by atoms with Gasteiger partial charge in [-0.05, 0) is 56.7 Å². The van der Waals surface area contributed by atoms with Gasteiger partial charge in [0.2, 0.25) is 0 Å². The van der Waals surface area contributed by atoms with Crippen LogP contribution < -0.4 is 0 Å². The molecule has 84 valence electrons. The fourth-order valence-electron chi connectivity index (χ4n) is 3.09. The number of hydrogen-bond donors (Lipinski definition) is 0. The number of fused-ring (bicyclic) bond motifs is 3. The maximum atomic E-state index is 4.70. The van der Waals surface area contributed by atoms with Crippen molar-refractivity contribution in [3.8, 4) is 0 Å². The molecule has 0 N–H and O–H groups in total. The molecule has 0 fully saturated rings. The smallest absolute Gasteiger partial charge is 0.140 e. The lowest BCUT2D eigenvalue weighted by atomic mass is 9.94. The Kier molecular flexibility index (Phi) is 2.06. The van der Waals surface area contributed by atoms with Crippen molar-refractivity contribution >= 4 is 11.0 Å². The molecule has 0 aliphatic heterocycles. The minimum absolute atomic E-state index is 1.13. The van der Waals surface area contributed by atoms with E-state index in [2.05, 4.69) is 31.5 Å². The third-order valence-corrected chi connectivity index (χ3v) is 3.79. The third-order valence-electron chi connectivity index (χ3n) is 3.79. The average Bonchev–Trinajstić information content (AvgIpc) is 2.54. The van der Waals surface area contributed by atoms with E-state index in [1.54, 1.807) is 5.56 Å². The molecule has 0 radical (unpaired) electrons. The van der Waals surface area contributed by atoms with Gasteiger partial charge in [-0.3, -0.25) is 0 Å². The third kappa shape index (κ3) is 1.22. The first-order chi connectivity index (χ1) is 7.68. The van der Waals surface area contributed by atoms with Crippen molar-refractivity contribution < 1.29 is 0 Å². The van der Waals surface area contributed by atoms with Crippen LogP contribution in [0.2, 0.25) is 0 Å². The van der Waals surface area contributed by atoms with Crippen molar-refractivity contribution in [3.05, 3.63) is 28.6 Å². The zero-order valence-corrected chi connectivity index (χ0v) is 10.3. The van der Waals surface area contributed by atoms with E-state index in [0.717, 1.165) is 5.69 Å². The quantitative estimate of drug-likeness (QED) is 0.659. The highest BCUT2D eigenvalue weighted by molar-refractivity contribution is 5.86. The largest absolute Gasteiger partial charge is 0.332 e. The lowest BCUT2D eigenvalue weighted by molar-refractivity contribution is 0.652. The van der Waals surface area contributed by atoms with Crippen LogP contribution in [0, 0.1) is 13.8 Å². The Labute approximate surface area is 96.3 Å². The van der Waals surface area contributed by atoms with Crippen LogP contribution in [0.15, 0.2) is 6.07 Å². The van der Waals surface area contributed by atoms with Gasteiger partial charge >= 0.3 is 0 Å². The molecule has 3 rings (SSSR count). The molecule has 0 atom stereocenters. The van der Waals surface area contributed by atoms with Crippen molar-refractivity contribution in [3.63, 3.8) is 0 Å². The molecule has 2 aromatic heterocycles. The Hall–Kier alpha value is -1.31. The normalized spacial score (nSPS) is 15.4. The highest BCUT2D eigenvalue weighted by Crippen LogP contribution is 2.32. The van der Waals surface area contributed by atoms with Gasteiger partial charge in [0.25, 0.3) is 0 Å². The van der Waals surface area contributed by atoms with Crippen molar-refractivity contribution in [1.29, 1.82) is 0 Å². The standard InChI is InChI=1S/C14H18N2/c1-9-8-10(2)15-14-13(9)11-6-4-5-7-12(11)16(14)3/h8H,4-7H2,1-3H3. The molecule has 1 aliphatic carbocycles. The summed E-state index contributed by atoms with van der Waals surface area (Å²) in [5.41, 5.74) is 6.78. The number of nitrogens with zero attached hydrogens (tertiary/aromatic N) is 2. The van der Waals surface area contributed by atoms with Gasteiger partial charge in [-0.25, -0.2) is 4.98 Å². The van der Waals surface area contributed by atoms with Crippen LogP contribution in [0.3, 0.4) is 0 Å². The van der Waals surface area contributed by atoms with E-state index in [-0.39, 0.29) is 0 Å². The van der Waals surface area contributed by atoms with Gasteiger partial charge in [-0.1, -0.05) is 0 Å². The van der Waals surface area contributed by atoms with E-state index in [4.69, 9.17) is 4.98 Å². The molecule has 16 heavy (non-hydrogen) atoms. The monoisotopic (exact) mass is 214 g/mol. The Bertz CT molecular complexity index is 564. The number of rotatable bonds is 0. The zero-order chi connectivity index (χ0) is 11.3. The van der Waals surface area contributed by atoms with E-state index < -0.39 is 0 Å². The summed E-state index contributed by atoms with van der Waals surface area (Å²) < 4.78 is 2.31. The number of aromatic nitrogens is 2. The summed E-state index contributed by atoms with van der Waals surface area (Å²) in [5.74, 6) is 0. The lowest BCUT2D eigenvalue weighted by Crippen LogP contribution is -2.05. The van der Waals surface area contributed by atoms with Gasteiger partial charge < -0.3 is 4.57 Å². The number of pyridine rings is 1. The first-order valence-corrected chi connectivity index (χ1v) is 6.13. The predicted octanol–water partition coefficient (Wildman–Crippen LogP) is 3.07. The van der Waals surface area contributed by atoms with E-state index in [0.29, 0.717) is 0 Å². The summed E-state index contributed by atoms with van der Waals surface area (Å²) in [5, 5.41) is 1.42. The second kappa shape index (κ2) is 3.34. The highest BCUT2D eigenvalue weighted by Gasteiger charge is 2.20. The second-order valence-corrected chi connectivity index (χ2v) is 4.97. The summed E-state index contributed by atoms with van der Waals surface area (Å²) in [7, 11) is 2.17. The molecule has 0 saturated carbocycles. The van der Waals surface area contributed by atoms with Crippen LogP contribution in [0.25, 0.3) is 11.0 Å². The minimum atomic E-state index is 1.13. The van der Waals surface area contributed by atoms with Gasteiger partial charge in [-0.2, -0.15) is 0 Å². The van der Waals surface area contributed by atoms with Crippen LogP contribution in [0.5, 0.6) is 0 Å². The predicted molar refractivity (Wildman–Crippen MR) is 66.8 cm³/mol. The van der Waals surface area contributed by atoms with E-state index in [1.165, 1.54) is 48.0 Å². The van der Waals surface area contributed by atoms with Crippen LogP contribution in [0.4, 0.5) is 0 Å². The Balaban J connectivity index is 2.44. The van der Waals surface area contributed by atoms with Gasteiger partial charge in [0.1, 0.15) is 5.65 Å². The summed E-state index contributed by atoms with van der Waals surface area (Å²) >= 11 is 0. The molecule has 2 heteroatoms. The minimum Gasteiger partial charge on any atom is -0.332 e. The highest BCUT2D eigenvalue weighted by atomic mass is 15.0. The van der Waals surface area contributed by atoms with E-state index >= 15 is 0 Å². The van der Waals surface area contributed by atoms with Crippen molar-refractivity contribution in [1.82, 2.24) is 9.55 Å². The molecule has 2 aromatic rings. The van der Waals surface area contributed by atoms with Gasteiger partial charge in [0, 0.05) is 23.8 Å². The molecule has 0 bridgehead atoms. The average molecular weight is 214 g/mol.